The molecule has 1 rings (SSSR count). The van der Waals surface area contributed by atoms with E-state index in [1.807, 2.05) is 17.9 Å². The molecule has 0 N–H and O–H groups in total. The molecule has 0 aliphatic heterocycles. The first-order chi connectivity index (χ1) is 9.05. The Morgan fingerprint density at radius 1 is 1.32 bits per heavy atom. The molecule has 110 valence electrons. The van der Waals surface area contributed by atoms with Crippen molar-refractivity contribution in [2.75, 3.05) is 18.9 Å². The minimum atomic E-state index is 0.417. The van der Waals surface area contributed by atoms with E-state index in [-0.39, 0.29) is 0 Å². The molecule has 0 amide bonds. The standard InChI is InChI=1S/C15H28BrN3/c1-5-7-15(12-16,8-6-2)13-18(3)10-14-9-17-19(4)11-14/h9,11H,5-8,10,12-13H2,1-4H3. The Bertz CT molecular complexity index is 356. The highest BCUT2D eigenvalue weighted by atomic mass is 79.9. The number of aryl methyl sites for hydroxylation is 1. The van der Waals surface area contributed by atoms with Crippen LogP contribution in [0, 0.1) is 5.41 Å². The van der Waals surface area contributed by atoms with E-state index in [0.29, 0.717) is 5.41 Å². The van der Waals surface area contributed by atoms with Gasteiger partial charge in [0.2, 0.25) is 0 Å². The van der Waals surface area contributed by atoms with Gasteiger partial charge in [0.1, 0.15) is 0 Å². The molecule has 0 fully saturated rings. The number of alkyl halides is 1. The van der Waals surface area contributed by atoms with Crippen LogP contribution in [0.4, 0.5) is 0 Å². The van der Waals surface area contributed by atoms with Gasteiger partial charge in [-0.05, 0) is 25.3 Å². The van der Waals surface area contributed by atoms with Crippen molar-refractivity contribution < 1.29 is 0 Å². The molecule has 0 unspecified atom stereocenters. The number of hydrogen-bond donors (Lipinski definition) is 0. The Labute approximate surface area is 126 Å². The van der Waals surface area contributed by atoms with Gasteiger partial charge in [0.05, 0.1) is 6.20 Å². The lowest BCUT2D eigenvalue weighted by atomic mass is 9.81. The van der Waals surface area contributed by atoms with Crippen molar-refractivity contribution in [1.82, 2.24) is 14.7 Å². The van der Waals surface area contributed by atoms with Gasteiger partial charge in [-0.25, -0.2) is 0 Å². The lowest BCUT2D eigenvalue weighted by Crippen LogP contribution is -2.36. The average Bonchev–Trinajstić information content (AvgIpc) is 2.75. The van der Waals surface area contributed by atoms with Crippen LogP contribution in [-0.2, 0) is 13.6 Å². The van der Waals surface area contributed by atoms with Gasteiger partial charge in [-0.1, -0.05) is 42.6 Å². The summed E-state index contributed by atoms with van der Waals surface area (Å²) in [6.07, 6.45) is 9.17. The second kappa shape index (κ2) is 8.05. The molecule has 0 bridgehead atoms. The molecule has 1 heterocycles. The zero-order valence-corrected chi connectivity index (χ0v) is 14.4. The Balaban J connectivity index is 2.61. The first kappa shape index (κ1) is 16.7. The fourth-order valence-electron chi connectivity index (χ4n) is 3.01. The second-order valence-corrected chi connectivity index (χ2v) is 6.39. The summed E-state index contributed by atoms with van der Waals surface area (Å²) in [6.45, 7) is 6.70. The van der Waals surface area contributed by atoms with Gasteiger partial charge in [-0.15, -0.1) is 0 Å². The summed E-state index contributed by atoms with van der Waals surface area (Å²) in [5.41, 5.74) is 1.71. The maximum Gasteiger partial charge on any atom is 0.0534 e. The maximum atomic E-state index is 4.24. The first-order valence-electron chi connectivity index (χ1n) is 7.27. The Hall–Kier alpha value is -0.350. The van der Waals surface area contributed by atoms with Crippen molar-refractivity contribution >= 4 is 15.9 Å². The van der Waals surface area contributed by atoms with Gasteiger partial charge >= 0.3 is 0 Å². The molecule has 0 spiro atoms. The predicted molar refractivity (Wildman–Crippen MR) is 85.6 cm³/mol. The van der Waals surface area contributed by atoms with Crippen LogP contribution in [-0.4, -0.2) is 33.6 Å². The molecule has 1 aromatic rings. The van der Waals surface area contributed by atoms with Crippen LogP contribution in [0.25, 0.3) is 0 Å². The molecule has 0 aliphatic carbocycles. The second-order valence-electron chi connectivity index (χ2n) is 5.83. The van der Waals surface area contributed by atoms with Crippen LogP contribution in [0.15, 0.2) is 12.4 Å². The van der Waals surface area contributed by atoms with E-state index in [4.69, 9.17) is 0 Å². The van der Waals surface area contributed by atoms with Crippen molar-refractivity contribution in [3.8, 4) is 0 Å². The van der Waals surface area contributed by atoms with Crippen molar-refractivity contribution in [3.05, 3.63) is 18.0 Å². The summed E-state index contributed by atoms with van der Waals surface area (Å²) in [5.74, 6) is 0. The molecular weight excluding hydrogens is 302 g/mol. The summed E-state index contributed by atoms with van der Waals surface area (Å²) in [5, 5.41) is 5.34. The molecule has 0 saturated heterocycles. The van der Waals surface area contributed by atoms with E-state index in [1.165, 1.54) is 31.2 Å². The predicted octanol–water partition coefficient (Wildman–Crippen LogP) is 3.83. The Morgan fingerprint density at radius 2 is 1.95 bits per heavy atom. The molecule has 0 radical (unpaired) electrons. The molecule has 0 saturated carbocycles. The summed E-state index contributed by atoms with van der Waals surface area (Å²) in [7, 11) is 4.19. The highest BCUT2D eigenvalue weighted by Gasteiger charge is 2.28. The third-order valence-corrected chi connectivity index (χ3v) is 4.85. The first-order valence-corrected chi connectivity index (χ1v) is 8.39. The van der Waals surface area contributed by atoms with Crippen molar-refractivity contribution in [2.24, 2.45) is 12.5 Å². The summed E-state index contributed by atoms with van der Waals surface area (Å²) < 4.78 is 1.87. The number of rotatable bonds is 9. The van der Waals surface area contributed by atoms with E-state index >= 15 is 0 Å². The fraction of sp³-hybridized carbons (Fsp3) is 0.800. The van der Waals surface area contributed by atoms with Crippen molar-refractivity contribution in [3.63, 3.8) is 0 Å². The number of hydrogen-bond acceptors (Lipinski definition) is 2. The zero-order chi connectivity index (χ0) is 14.3. The molecule has 0 atom stereocenters. The largest absolute Gasteiger partial charge is 0.301 e. The van der Waals surface area contributed by atoms with Crippen molar-refractivity contribution in [2.45, 2.75) is 46.1 Å². The van der Waals surface area contributed by atoms with Crippen LogP contribution < -0.4 is 0 Å². The van der Waals surface area contributed by atoms with E-state index in [2.05, 4.69) is 53.0 Å². The molecule has 4 heteroatoms. The number of halogens is 1. The number of nitrogens with zero attached hydrogens (tertiary/aromatic N) is 3. The Morgan fingerprint density at radius 3 is 2.37 bits per heavy atom. The molecule has 1 aromatic heterocycles. The fourth-order valence-corrected chi connectivity index (χ4v) is 3.75. The van der Waals surface area contributed by atoms with E-state index < -0.39 is 0 Å². The van der Waals surface area contributed by atoms with E-state index in [1.54, 1.807) is 0 Å². The lowest BCUT2D eigenvalue weighted by molar-refractivity contribution is 0.166. The minimum absolute atomic E-state index is 0.417. The van der Waals surface area contributed by atoms with E-state index in [9.17, 15) is 0 Å². The van der Waals surface area contributed by atoms with Crippen LogP contribution in [0.2, 0.25) is 0 Å². The normalized spacial score (nSPS) is 12.3. The van der Waals surface area contributed by atoms with Crippen LogP contribution in [0.1, 0.15) is 45.1 Å². The third kappa shape index (κ3) is 5.27. The smallest absolute Gasteiger partial charge is 0.0534 e. The van der Waals surface area contributed by atoms with Gasteiger partial charge in [-0.3, -0.25) is 4.68 Å². The molecular formula is C15H28BrN3. The van der Waals surface area contributed by atoms with Crippen LogP contribution in [0.5, 0.6) is 0 Å². The van der Waals surface area contributed by atoms with Crippen LogP contribution in [0.3, 0.4) is 0 Å². The lowest BCUT2D eigenvalue weighted by Gasteiger charge is -2.35. The zero-order valence-electron chi connectivity index (χ0n) is 12.8. The highest BCUT2D eigenvalue weighted by Crippen LogP contribution is 2.33. The number of aromatic nitrogens is 2. The quantitative estimate of drug-likeness (QED) is 0.642. The van der Waals surface area contributed by atoms with Crippen LogP contribution >= 0.6 is 15.9 Å². The Kier molecular flexibility index (Phi) is 7.08. The molecule has 0 aliphatic rings. The van der Waals surface area contributed by atoms with E-state index in [0.717, 1.165) is 18.4 Å². The van der Waals surface area contributed by atoms with Gasteiger partial charge < -0.3 is 4.90 Å². The van der Waals surface area contributed by atoms with Gasteiger partial charge in [0.15, 0.2) is 0 Å². The molecule has 19 heavy (non-hydrogen) atoms. The van der Waals surface area contributed by atoms with Crippen molar-refractivity contribution in [1.29, 1.82) is 0 Å². The third-order valence-electron chi connectivity index (χ3n) is 3.66. The summed E-state index contributed by atoms with van der Waals surface area (Å²) >= 11 is 3.75. The highest BCUT2D eigenvalue weighted by molar-refractivity contribution is 9.09. The SMILES string of the molecule is CCCC(CBr)(CCC)CN(C)Cc1cnn(C)c1. The average molecular weight is 330 g/mol. The molecule has 3 nitrogen and oxygen atoms in total. The monoisotopic (exact) mass is 329 g/mol. The maximum absolute atomic E-state index is 4.24. The van der Waals surface area contributed by atoms with Gasteiger partial charge in [-0.2, -0.15) is 5.10 Å². The minimum Gasteiger partial charge on any atom is -0.301 e. The summed E-state index contributed by atoms with van der Waals surface area (Å²) in [6, 6.07) is 0. The van der Waals surface area contributed by atoms with Gasteiger partial charge in [0, 0.05) is 37.2 Å². The molecule has 0 aromatic carbocycles. The topological polar surface area (TPSA) is 21.1 Å². The van der Waals surface area contributed by atoms with Gasteiger partial charge in [0.25, 0.3) is 0 Å². The summed E-state index contributed by atoms with van der Waals surface area (Å²) in [4.78, 5) is 2.43.